The highest BCUT2D eigenvalue weighted by molar-refractivity contribution is 5.94. The van der Waals surface area contributed by atoms with E-state index in [9.17, 15) is 9.18 Å². The van der Waals surface area contributed by atoms with Crippen molar-refractivity contribution in [1.29, 1.82) is 0 Å². The van der Waals surface area contributed by atoms with Crippen molar-refractivity contribution < 1.29 is 13.9 Å². The van der Waals surface area contributed by atoms with Crippen molar-refractivity contribution in [2.75, 3.05) is 6.54 Å². The summed E-state index contributed by atoms with van der Waals surface area (Å²) in [7, 11) is 0. The third kappa shape index (κ3) is 3.69. The van der Waals surface area contributed by atoms with E-state index in [4.69, 9.17) is 4.74 Å². The number of hydrogen-bond donors (Lipinski definition) is 0. The maximum absolute atomic E-state index is 14.9. The first-order valence-corrected chi connectivity index (χ1v) is 10.9. The summed E-state index contributed by atoms with van der Waals surface area (Å²) in [5.74, 6) is 0.911. The molecule has 2 aliphatic rings. The number of aromatic nitrogens is 3. The van der Waals surface area contributed by atoms with Crippen LogP contribution in [-0.2, 0) is 6.67 Å². The topological polar surface area (TPSA) is 60.3 Å². The molecule has 0 unspecified atom stereocenters. The highest BCUT2D eigenvalue weighted by atomic mass is 19.1. The van der Waals surface area contributed by atoms with Crippen LogP contribution in [0, 0.1) is 12.7 Å². The van der Waals surface area contributed by atoms with Crippen LogP contribution in [0.25, 0.3) is 11.3 Å². The molecule has 0 N–H and O–H groups in total. The summed E-state index contributed by atoms with van der Waals surface area (Å²) < 4.78 is 22.6. The van der Waals surface area contributed by atoms with Gasteiger partial charge in [-0.2, -0.15) is 0 Å². The minimum Gasteiger partial charge on any atom is -0.436 e. The lowest BCUT2D eigenvalue weighted by Gasteiger charge is -2.16. The van der Waals surface area contributed by atoms with Gasteiger partial charge in [-0.05, 0) is 50.5 Å². The normalized spacial score (nSPS) is 15.5. The number of fused-ring (bicyclic) bond motifs is 1. The maximum atomic E-state index is 14.9. The fourth-order valence-electron chi connectivity index (χ4n) is 4.07. The second-order valence-electron chi connectivity index (χ2n) is 8.28. The van der Waals surface area contributed by atoms with Crippen LogP contribution in [0.3, 0.4) is 0 Å². The zero-order valence-corrected chi connectivity index (χ0v) is 17.8. The van der Waals surface area contributed by atoms with Crippen LogP contribution in [0.15, 0.2) is 36.4 Å². The molecule has 3 heterocycles. The number of pyridine rings is 1. The maximum Gasteiger partial charge on any atom is 0.291 e. The molecule has 6 nitrogen and oxygen atoms in total. The van der Waals surface area contributed by atoms with Crippen LogP contribution >= 0.6 is 0 Å². The molecule has 1 aliphatic carbocycles. The van der Waals surface area contributed by atoms with Crippen LogP contribution in [-0.4, -0.2) is 31.9 Å². The van der Waals surface area contributed by atoms with E-state index in [2.05, 4.69) is 16.9 Å². The highest BCUT2D eigenvalue weighted by Gasteiger charge is 2.32. The molecule has 31 heavy (non-hydrogen) atoms. The monoisotopic (exact) mass is 420 g/mol. The molecule has 3 aromatic rings. The summed E-state index contributed by atoms with van der Waals surface area (Å²) >= 11 is 0. The molecule has 5 rings (SSSR count). The summed E-state index contributed by atoms with van der Waals surface area (Å²) in [5.41, 5.74) is 3.15. The summed E-state index contributed by atoms with van der Waals surface area (Å²) in [6.45, 7) is 5.09. The first-order valence-electron chi connectivity index (χ1n) is 10.9. The number of benzene rings is 1. The third-order valence-corrected chi connectivity index (χ3v) is 5.87. The van der Waals surface area contributed by atoms with Crippen molar-refractivity contribution in [3.63, 3.8) is 0 Å². The van der Waals surface area contributed by atoms with Crippen LogP contribution in [0.5, 0.6) is 11.6 Å². The number of carbonyl (C=O) groups is 1. The first kappa shape index (κ1) is 19.7. The third-order valence-electron chi connectivity index (χ3n) is 5.87. The molecule has 2 aromatic heterocycles. The summed E-state index contributed by atoms with van der Waals surface area (Å²) in [5, 5.41) is 0. The number of carbonyl (C=O) groups excluding carboxylic acids is 1. The minimum atomic E-state index is -0.474. The fraction of sp³-hybridized carbons (Fsp3) is 0.375. The Kier molecular flexibility index (Phi) is 4.96. The molecule has 1 saturated carbocycles. The van der Waals surface area contributed by atoms with Gasteiger partial charge in [0.05, 0.1) is 18.1 Å². The predicted octanol–water partition coefficient (Wildman–Crippen LogP) is 5.28. The van der Waals surface area contributed by atoms with Crippen molar-refractivity contribution in [2.24, 2.45) is 0 Å². The number of aryl methyl sites for hydroxylation is 1. The fourth-order valence-corrected chi connectivity index (χ4v) is 4.07. The molecular formula is C24H25FN4O2. The molecule has 0 saturated heterocycles. The first-order chi connectivity index (χ1) is 15.0. The van der Waals surface area contributed by atoms with Gasteiger partial charge in [-0.25, -0.2) is 14.4 Å². The summed E-state index contributed by atoms with van der Waals surface area (Å²) in [6.07, 6.45) is 4.25. The van der Waals surface area contributed by atoms with Gasteiger partial charge in [0, 0.05) is 29.8 Å². The zero-order chi connectivity index (χ0) is 21.5. The van der Waals surface area contributed by atoms with E-state index in [1.54, 1.807) is 23.1 Å². The van der Waals surface area contributed by atoms with Gasteiger partial charge in [0.15, 0.2) is 11.6 Å². The van der Waals surface area contributed by atoms with Gasteiger partial charge in [0.25, 0.3) is 5.91 Å². The van der Waals surface area contributed by atoms with Crippen LogP contribution < -0.4 is 4.74 Å². The average Bonchev–Trinajstić information content (AvgIpc) is 3.50. The van der Waals surface area contributed by atoms with Crippen LogP contribution in [0.1, 0.15) is 60.5 Å². The van der Waals surface area contributed by atoms with Gasteiger partial charge in [-0.15, -0.1) is 0 Å². The van der Waals surface area contributed by atoms with E-state index in [1.807, 2.05) is 23.6 Å². The average molecular weight is 420 g/mol. The van der Waals surface area contributed by atoms with E-state index in [-0.39, 0.29) is 11.7 Å². The Hall–Kier alpha value is -3.22. The molecule has 0 radical (unpaired) electrons. The number of unbranched alkanes of at least 4 members (excludes halogenated alkanes) is 1. The van der Waals surface area contributed by atoms with Crippen molar-refractivity contribution in [2.45, 2.75) is 52.1 Å². The van der Waals surface area contributed by atoms with E-state index < -0.39 is 5.82 Å². The summed E-state index contributed by atoms with van der Waals surface area (Å²) in [6, 6.07) is 10.5. The Morgan fingerprint density at radius 3 is 2.77 bits per heavy atom. The summed E-state index contributed by atoms with van der Waals surface area (Å²) in [4.78, 5) is 23.4. The number of rotatable bonds is 7. The van der Waals surface area contributed by atoms with E-state index in [1.165, 1.54) is 6.07 Å². The smallest absolute Gasteiger partial charge is 0.291 e. The number of ether oxygens (including phenoxy) is 1. The number of nitrogens with zero attached hydrogens (tertiary/aromatic N) is 4. The molecule has 1 aromatic carbocycles. The molecule has 0 bridgehead atoms. The lowest BCUT2D eigenvalue weighted by molar-refractivity contribution is 0.0763. The zero-order valence-electron chi connectivity index (χ0n) is 17.8. The molecule has 1 amide bonds. The molecular weight excluding hydrogens is 395 g/mol. The van der Waals surface area contributed by atoms with Crippen molar-refractivity contribution in [3.8, 4) is 22.9 Å². The number of halogens is 1. The molecule has 7 heteroatoms. The second-order valence-corrected chi connectivity index (χ2v) is 8.28. The SMILES string of the molecule is CCCCN1Cn2c(nc(C)c2-c2ccc(Oc3cccc(C4CC4)n3)c(F)c2)C1=O. The van der Waals surface area contributed by atoms with E-state index >= 15 is 0 Å². The van der Waals surface area contributed by atoms with Gasteiger partial charge in [-0.1, -0.05) is 19.4 Å². The van der Waals surface area contributed by atoms with Gasteiger partial charge < -0.3 is 14.2 Å². The Morgan fingerprint density at radius 1 is 1.19 bits per heavy atom. The Bertz CT molecular complexity index is 1150. The molecule has 1 fully saturated rings. The van der Waals surface area contributed by atoms with Gasteiger partial charge in [-0.3, -0.25) is 4.79 Å². The van der Waals surface area contributed by atoms with Crippen molar-refractivity contribution >= 4 is 5.91 Å². The van der Waals surface area contributed by atoms with Crippen molar-refractivity contribution in [1.82, 2.24) is 19.4 Å². The standard InChI is InChI=1S/C24H25FN4O2/c1-3-4-12-28-14-29-22(15(2)26-23(29)24(28)30)17-10-11-20(18(25)13-17)31-21-7-5-6-19(27-21)16-8-9-16/h5-7,10-11,13,16H,3-4,8-9,12,14H2,1-2H3. The van der Waals surface area contributed by atoms with Gasteiger partial charge in [0.1, 0.15) is 0 Å². The second kappa shape index (κ2) is 7.80. The predicted molar refractivity (Wildman–Crippen MR) is 115 cm³/mol. The van der Waals surface area contributed by atoms with Gasteiger partial charge in [0.2, 0.25) is 11.7 Å². The van der Waals surface area contributed by atoms with Crippen molar-refractivity contribution in [3.05, 3.63) is 59.4 Å². The lowest BCUT2D eigenvalue weighted by atomic mass is 10.1. The quantitative estimate of drug-likeness (QED) is 0.522. The lowest BCUT2D eigenvalue weighted by Crippen LogP contribution is -2.26. The Morgan fingerprint density at radius 2 is 2.03 bits per heavy atom. The number of hydrogen-bond acceptors (Lipinski definition) is 4. The minimum absolute atomic E-state index is 0.0650. The van der Waals surface area contributed by atoms with E-state index in [0.717, 1.165) is 37.1 Å². The molecule has 160 valence electrons. The highest BCUT2D eigenvalue weighted by Crippen LogP contribution is 2.40. The molecule has 0 atom stereocenters. The van der Waals surface area contributed by atoms with Gasteiger partial charge >= 0.3 is 0 Å². The largest absolute Gasteiger partial charge is 0.436 e. The molecule has 0 spiro atoms. The Labute approximate surface area is 180 Å². The number of imidazole rings is 1. The number of amides is 1. The van der Waals surface area contributed by atoms with E-state index in [0.29, 0.717) is 42.1 Å². The van der Waals surface area contributed by atoms with Crippen LogP contribution in [0.2, 0.25) is 0 Å². The molecule has 1 aliphatic heterocycles. The Balaban J connectivity index is 1.41. The van der Waals surface area contributed by atoms with Crippen LogP contribution in [0.4, 0.5) is 4.39 Å².